The van der Waals surface area contributed by atoms with E-state index < -0.39 is 0 Å². The zero-order valence-electron chi connectivity index (χ0n) is 8.50. The third-order valence-corrected chi connectivity index (χ3v) is 3.45. The minimum Gasteiger partial charge on any atom is -0.364 e. The Bertz CT molecular complexity index is 271. The standard InChI is InChI=1S/C12H18N2/c1-2-11(13-7-1)8-14-12(9-3-4-9)10-5-6-10/h1-2,7,9-10,12-14H,3-6,8H2. The molecule has 1 heterocycles. The van der Waals surface area contributed by atoms with Gasteiger partial charge in [-0.25, -0.2) is 0 Å². The molecule has 2 nitrogen and oxygen atoms in total. The normalized spacial score (nSPS) is 21.8. The Labute approximate surface area is 85.1 Å². The lowest BCUT2D eigenvalue weighted by Gasteiger charge is -2.16. The first kappa shape index (κ1) is 8.54. The first-order valence-corrected chi connectivity index (χ1v) is 5.79. The Morgan fingerprint density at radius 1 is 1.29 bits per heavy atom. The van der Waals surface area contributed by atoms with Crippen molar-refractivity contribution in [2.75, 3.05) is 0 Å². The van der Waals surface area contributed by atoms with Gasteiger partial charge in [-0.1, -0.05) is 0 Å². The summed E-state index contributed by atoms with van der Waals surface area (Å²) in [5.41, 5.74) is 1.32. The molecule has 2 fully saturated rings. The van der Waals surface area contributed by atoms with Gasteiger partial charge in [0.25, 0.3) is 0 Å². The van der Waals surface area contributed by atoms with E-state index in [0.29, 0.717) is 0 Å². The molecule has 76 valence electrons. The van der Waals surface area contributed by atoms with Crippen LogP contribution in [0, 0.1) is 11.8 Å². The molecule has 1 aromatic rings. The van der Waals surface area contributed by atoms with Gasteiger partial charge in [0.2, 0.25) is 0 Å². The first-order chi connectivity index (χ1) is 6.93. The van der Waals surface area contributed by atoms with E-state index in [-0.39, 0.29) is 0 Å². The lowest BCUT2D eigenvalue weighted by molar-refractivity contribution is 0.414. The molecule has 2 saturated carbocycles. The number of H-pyrrole nitrogens is 1. The number of hydrogen-bond donors (Lipinski definition) is 2. The van der Waals surface area contributed by atoms with E-state index in [1.807, 2.05) is 6.20 Å². The van der Waals surface area contributed by atoms with Crippen molar-refractivity contribution in [3.63, 3.8) is 0 Å². The van der Waals surface area contributed by atoms with Gasteiger partial charge in [0.15, 0.2) is 0 Å². The van der Waals surface area contributed by atoms with Crippen molar-refractivity contribution < 1.29 is 0 Å². The Hall–Kier alpha value is -0.760. The van der Waals surface area contributed by atoms with Crippen LogP contribution in [0.15, 0.2) is 18.3 Å². The lowest BCUT2D eigenvalue weighted by atomic mass is 10.1. The summed E-state index contributed by atoms with van der Waals surface area (Å²) in [6, 6.07) is 5.04. The molecular formula is C12H18N2. The molecule has 0 radical (unpaired) electrons. The van der Waals surface area contributed by atoms with Crippen LogP contribution in [-0.4, -0.2) is 11.0 Å². The van der Waals surface area contributed by atoms with Gasteiger partial charge in [-0.15, -0.1) is 0 Å². The summed E-state index contributed by atoms with van der Waals surface area (Å²) in [6.45, 7) is 1.02. The van der Waals surface area contributed by atoms with Crippen LogP contribution in [0.2, 0.25) is 0 Å². The smallest absolute Gasteiger partial charge is 0.0359 e. The highest BCUT2D eigenvalue weighted by Crippen LogP contribution is 2.44. The van der Waals surface area contributed by atoms with E-state index >= 15 is 0 Å². The first-order valence-electron chi connectivity index (χ1n) is 5.79. The molecule has 14 heavy (non-hydrogen) atoms. The summed E-state index contributed by atoms with van der Waals surface area (Å²) in [4.78, 5) is 3.25. The van der Waals surface area contributed by atoms with Crippen LogP contribution < -0.4 is 5.32 Å². The highest BCUT2D eigenvalue weighted by atomic mass is 15.0. The Kier molecular flexibility index (Phi) is 2.09. The van der Waals surface area contributed by atoms with Crippen molar-refractivity contribution in [1.82, 2.24) is 10.3 Å². The topological polar surface area (TPSA) is 27.8 Å². The molecule has 1 aromatic heterocycles. The third-order valence-electron chi connectivity index (χ3n) is 3.45. The van der Waals surface area contributed by atoms with Gasteiger partial charge in [-0.2, -0.15) is 0 Å². The number of aromatic amines is 1. The minimum absolute atomic E-state index is 0.818. The summed E-state index contributed by atoms with van der Waals surface area (Å²) in [5.74, 6) is 2.00. The predicted octanol–water partition coefficient (Wildman–Crippen LogP) is 2.29. The van der Waals surface area contributed by atoms with Gasteiger partial charge in [-0.05, 0) is 49.7 Å². The maximum atomic E-state index is 3.71. The average molecular weight is 190 g/mol. The van der Waals surface area contributed by atoms with Crippen LogP contribution in [-0.2, 0) is 6.54 Å². The summed E-state index contributed by atoms with van der Waals surface area (Å²) >= 11 is 0. The van der Waals surface area contributed by atoms with E-state index in [2.05, 4.69) is 22.4 Å². The predicted molar refractivity (Wildman–Crippen MR) is 56.9 cm³/mol. The Morgan fingerprint density at radius 3 is 2.50 bits per heavy atom. The van der Waals surface area contributed by atoms with E-state index in [4.69, 9.17) is 0 Å². The van der Waals surface area contributed by atoms with Crippen LogP contribution in [0.25, 0.3) is 0 Å². The largest absolute Gasteiger partial charge is 0.364 e. The van der Waals surface area contributed by atoms with Crippen LogP contribution in [0.4, 0.5) is 0 Å². The fourth-order valence-corrected chi connectivity index (χ4v) is 2.33. The van der Waals surface area contributed by atoms with Crippen LogP contribution in [0.3, 0.4) is 0 Å². The molecule has 3 rings (SSSR count). The average Bonchev–Trinajstić information content (AvgIpc) is 3.09. The molecule has 2 aliphatic carbocycles. The second-order valence-corrected chi connectivity index (χ2v) is 4.78. The fraction of sp³-hybridized carbons (Fsp3) is 0.667. The maximum Gasteiger partial charge on any atom is 0.0359 e. The highest BCUT2D eigenvalue weighted by Gasteiger charge is 2.40. The number of aromatic nitrogens is 1. The quantitative estimate of drug-likeness (QED) is 0.732. The summed E-state index contributed by atoms with van der Waals surface area (Å²) in [5, 5.41) is 3.71. The Balaban J connectivity index is 1.54. The fourth-order valence-electron chi connectivity index (χ4n) is 2.33. The molecule has 2 N–H and O–H groups in total. The van der Waals surface area contributed by atoms with Gasteiger partial charge >= 0.3 is 0 Å². The van der Waals surface area contributed by atoms with Crippen LogP contribution >= 0.6 is 0 Å². The molecule has 0 aliphatic heterocycles. The second kappa shape index (κ2) is 3.43. The molecule has 0 unspecified atom stereocenters. The second-order valence-electron chi connectivity index (χ2n) is 4.78. The number of nitrogens with one attached hydrogen (secondary N) is 2. The molecule has 2 aliphatic rings. The summed E-state index contributed by atoms with van der Waals surface area (Å²) < 4.78 is 0. The van der Waals surface area contributed by atoms with Crippen molar-refractivity contribution in [2.45, 2.75) is 38.3 Å². The lowest BCUT2D eigenvalue weighted by Crippen LogP contribution is -2.32. The van der Waals surface area contributed by atoms with Gasteiger partial charge in [0.05, 0.1) is 0 Å². The van der Waals surface area contributed by atoms with Crippen LogP contribution in [0.5, 0.6) is 0 Å². The van der Waals surface area contributed by atoms with Crippen molar-refractivity contribution >= 4 is 0 Å². The molecular weight excluding hydrogens is 172 g/mol. The van der Waals surface area contributed by atoms with Crippen molar-refractivity contribution in [1.29, 1.82) is 0 Å². The monoisotopic (exact) mass is 190 g/mol. The van der Waals surface area contributed by atoms with Gasteiger partial charge in [0, 0.05) is 24.5 Å². The van der Waals surface area contributed by atoms with E-state index in [0.717, 1.165) is 24.4 Å². The van der Waals surface area contributed by atoms with Gasteiger partial charge in [-0.3, -0.25) is 0 Å². The van der Waals surface area contributed by atoms with E-state index in [9.17, 15) is 0 Å². The van der Waals surface area contributed by atoms with E-state index in [1.165, 1.54) is 31.4 Å². The van der Waals surface area contributed by atoms with Gasteiger partial charge < -0.3 is 10.3 Å². The van der Waals surface area contributed by atoms with Crippen molar-refractivity contribution in [3.8, 4) is 0 Å². The van der Waals surface area contributed by atoms with Gasteiger partial charge in [0.1, 0.15) is 0 Å². The molecule has 0 atom stereocenters. The molecule has 2 heteroatoms. The van der Waals surface area contributed by atoms with Crippen LogP contribution in [0.1, 0.15) is 31.4 Å². The van der Waals surface area contributed by atoms with Crippen molar-refractivity contribution in [3.05, 3.63) is 24.0 Å². The summed E-state index contributed by atoms with van der Waals surface area (Å²) in [6.07, 6.45) is 7.83. The molecule has 0 amide bonds. The van der Waals surface area contributed by atoms with Crippen molar-refractivity contribution in [2.24, 2.45) is 11.8 Å². The van der Waals surface area contributed by atoms with E-state index in [1.54, 1.807) is 0 Å². The third kappa shape index (κ3) is 1.85. The molecule has 0 spiro atoms. The maximum absolute atomic E-state index is 3.71. The number of rotatable bonds is 5. The summed E-state index contributed by atoms with van der Waals surface area (Å²) in [7, 11) is 0. The zero-order chi connectivity index (χ0) is 9.38. The Morgan fingerprint density at radius 2 is 2.00 bits per heavy atom. The molecule has 0 saturated heterocycles. The minimum atomic E-state index is 0.818. The highest BCUT2D eigenvalue weighted by molar-refractivity contribution is 5.04. The number of hydrogen-bond acceptors (Lipinski definition) is 1. The molecule has 0 bridgehead atoms. The SMILES string of the molecule is c1c[nH]c(CNC(C2CC2)C2CC2)c1. The zero-order valence-corrected chi connectivity index (χ0v) is 8.50. The molecule has 0 aromatic carbocycles.